The molecular weight excluding hydrogens is 400 g/mol. The van der Waals surface area contributed by atoms with E-state index in [0.29, 0.717) is 0 Å². The van der Waals surface area contributed by atoms with Crippen molar-refractivity contribution in [3.63, 3.8) is 0 Å². The van der Waals surface area contributed by atoms with Gasteiger partial charge in [0, 0.05) is 11.1 Å². The summed E-state index contributed by atoms with van der Waals surface area (Å²) in [5, 5.41) is 15.8. The minimum Gasteiger partial charge on any atom is -1.00 e. The zero-order valence-corrected chi connectivity index (χ0v) is 18.6. The first kappa shape index (κ1) is 28.0. The van der Waals surface area contributed by atoms with E-state index in [-0.39, 0.29) is 45.3 Å². The van der Waals surface area contributed by atoms with Gasteiger partial charge in [0.2, 0.25) is 0 Å². The Morgan fingerprint density at radius 2 is 1.33 bits per heavy atom. The minimum atomic E-state index is -0.935. The molecule has 0 spiro atoms. The van der Waals surface area contributed by atoms with Crippen molar-refractivity contribution in [3.05, 3.63) is 53.0 Å². The molecule has 0 aromatic carbocycles. The molecule has 3 rings (SSSR count). The van der Waals surface area contributed by atoms with Crippen LogP contribution in [0, 0.1) is 6.42 Å². The van der Waals surface area contributed by atoms with Gasteiger partial charge in [-0.05, 0) is 39.5 Å². The van der Waals surface area contributed by atoms with Crippen LogP contribution in [0.3, 0.4) is 0 Å². The number of allylic oxidation sites excluding steroid dienone is 4. The van der Waals surface area contributed by atoms with Crippen LogP contribution in [-0.2, 0) is 31.3 Å². The average molecular weight is 429 g/mol. The van der Waals surface area contributed by atoms with E-state index in [1.165, 1.54) is 65.2 Å². The topological polar surface area (TPSA) is 74.6 Å². The fourth-order valence-electron chi connectivity index (χ4n) is 3.12. The number of hydrogen-bond donors (Lipinski definition) is 2. The van der Waals surface area contributed by atoms with Crippen LogP contribution < -0.4 is 12.4 Å². The normalized spacial score (nSPS) is 16.4. The number of aliphatic carboxylic acids is 2. The number of fused-ring (bicyclic) bond motifs is 1. The molecule has 0 heterocycles. The molecule has 2 N–H and O–H groups in total. The summed E-state index contributed by atoms with van der Waals surface area (Å²) in [4.78, 5) is 19.2. The molecule has 0 aliphatic heterocycles. The second-order valence-corrected chi connectivity index (χ2v) is 6.74. The molecule has 0 aromatic rings. The molecule has 0 unspecified atom stereocenters. The molecule has 4 nitrogen and oxygen atoms in total. The van der Waals surface area contributed by atoms with Crippen LogP contribution >= 0.6 is 0 Å². The monoisotopic (exact) mass is 428 g/mol. The Kier molecular flexibility index (Phi) is 14.4. The van der Waals surface area contributed by atoms with E-state index in [1.54, 1.807) is 22.3 Å². The second-order valence-electron chi connectivity index (χ2n) is 6.74. The summed E-state index contributed by atoms with van der Waals surface area (Å²) in [7, 11) is 0. The van der Waals surface area contributed by atoms with Crippen molar-refractivity contribution in [1.29, 1.82) is 0 Å². The van der Waals surface area contributed by atoms with Gasteiger partial charge in [-0.3, -0.25) is 0 Å². The van der Waals surface area contributed by atoms with Gasteiger partial charge in [0.1, 0.15) is 0 Å². The summed E-state index contributed by atoms with van der Waals surface area (Å²) in [6, 6.07) is 0. The molecular formula is C21H29ClO4Ti. The second kappa shape index (κ2) is 13.9. The number of halogens is 1. The van der Waals surface area contributed by atoms with Crippen LogP contribution in [-0.4, -0.2) is 22.2 Å². The molecule has 3 aliphatic rings. The van der Waals surface area contributed by atoms with Crippen LogP contribution in [0.15, 0.2) is 46.6 Å². The van der Waals surface area contributed by atoms with E-state index in [0.717, 1.165) is 0 Å². The third-order valence-electron chi connectivity index (χ3n) is 4.49. The predicted octanol–water partition coefficient (Wildman–Crippen LogP) is 2.24. The summed E-state index contributed by atoms with van der Waals surface area (Å²) >= 11 is 0. The first-order chi connectivity index (χ1) is 11.7. The summed E-state index contributed by atoms with van der Waals surface area (Å²) < 4.78 is 0. The molecule has 27 heavy (non-hydrogen) atoms. The summed E-state index contributed by atoms with van der Waals surface area (Å²) in [5.74, 6) is -1.87. The maximum absolute atomic E-state index is 9.60. The quantitative estimate of drug-likeness (QED) is 0.402. The van der Waals surface area contributed by atoms with Crippen LogP contribution in [0.2, 0.25) is 0 Å². The first-order valence-corrected chi connectivity index (χ1v) is 8.78. The van der Waals surface area contributed by atoms with E-state index in [2.05, 4.69) is 19.6 Å². The molecule has 0 saturated heterocycles. The van der Waals surface area contributed by atoms with Crippen LogP contribution in [0.1, 0.15) is 65.2 Å². The summed E-state index contributed by atoms with van der Waals surface area (Å²) in [6.45, 7) is 9.20. The zero-order valence-electron chi connectivity index (χ0n) is 16.2. The summed E-state index contributed by atoms with van der Waals surface area (Å²) in [6.07, 6.45) is 13.6. The fourth-order valence-corrected chi connectivity index (χ4v) is 3.12. The van der Waals surface area contributed by atoms with Gasteiger partial charge >= 0.3 is 33.7 Å². The number of carboxylic acids is 2. The van der Waals surface area contributed by atoms with Crippen molar-refractivity contribution in [2.75, 3.05) is 0 Å². The molecule has 0 amide bonds. The van der Waals surface area contributed by atoms with Crippen molar-refractivity contribution in [1.82, 2.24) is 0 Å². The van der Waals surface area contributed by atoms with Crippen molar-refractivity contribution in [2.24, 2.45) is 0 Å². The van der Waals surface area contributed by atoms with Gasteiger partial charge in [0.15, 0.2) is 0 Å². The van der Waals surface area contributed by atoms with Crippen LogP contribution in [0.4, 0.5) is 0 Å². The van der Waals surface area contributed by atoms with E-state index in [4.69, 9.17) is 10.2 Å². The molecule has 0 fully saturated rings. The van der Waals surface area contributed by atoms with E-state index < -0.39 is 11.9 Å². The Balaban J connectivity index is 0. The van der Waals surface area contributed by atoms with Crippen molar-refractivity contribution < 1.29 is 53.9 Å². The van der Waals surface area contributed by atoms with Crippen molar-refractivity contribution >= 4 is 11.9 Å². The maximum Gasteiger partial charge on any atom is 2.00 e. The van der Waals surface area contributed by atoms with Gasteiger partial charge in [0.25, 0.3) is 0 Å². The Bertz CT molecular complexity index is 554. The number of carboxylic acid groups (broad SMARTS) is 2. The van der Waals surface area contributed by atoms with E-state index >= 15 is 0 Å². The largest absolute Gasteiger partial charge is 2.00 e. The molecule has 0 bridgehead atoms. The Labute approximate surface area is 183 Å². The SMILES string of the molecule is C=C(C)C(=O)O.C=C(C)C(=O)O.[CH-]1CCCC2=C1CC1=C2CCCC1.[Cl-].[Ti+2]. The number of rotatable bonds is 2. The fraction of sp³-hybridized carbons (Fsp3) is 0.476. The maximum atomic E-state index is 9.60. The Morgan fingerprint density at radius 3 is 1.81 bits per heavy atom. The molecule has 3 aliphatic carbocycles. The molecule has 0 aromatic heterocycles. The van der Waals surface area contributed by atoms with Crippen LogP contribution in [0.25, 0.3) is 0 Å². The van der Waals surface area contributed by atoms with Gasteiger partial charge in [-0.1, -0.05) is 38.0 Å². The van der Waals surface area contributed by atoms with Gasteiger partial charge in [-0.2, -0.15) is 5.57 Å². The van der Waals surface area contributed by atoms with Gasteiger partial charge in [-0.25, -0.2) is 21.6 Å². The summed E-state index contributed by atoms with van der Waals surface area (Å²) in [5.41, 5.74) is 7.41. The average Bonchev–Trinajstić information content (AvgIpc) is 2.94. The standard InChI is InChI=1S/C13H17.2C4H6O2.ClH.Ti/c1-3-7-12-10(5-1)9-11-6-2-4-8-13(11)12;2*1-3(2)4(5)6;;/h5H,1-4,6-9H2;2*1H2,2H3,(H,5,6);1H;/q-1;;;;+2/p-1. The zero-order chi connectivity index (χ0) is 19.0. The van der Waals surface area contributed by atoms with Crippen LogP contribution in [0.5, 0.6) is 0 Å². The number of carbonyl (C=O) groups is 2. The molecule has 0 saturated carbocycles. The smallest absolute Gasteiger partial charge is 1.00 e. The van der Waals surface area contributed by atoms with E-state index in [9.17, 15) is 9.59 Å². The molecule has 0 atom stereocenters. The van der Waals surface area contributed by atoms with Gasteiger partial charge in [-0.15, -0.1) is 12.0 Å². The predicted molar refractivity (Wildman–Crippen MR) is 100 cm³/mol. The van der Waals surface area contributed by atoms with Gasteiger partial charge in [0.05, 0.1) is 0 Å². The third-order valence-corrected chi connectivity index (χ3v) is 4.49. The third kappa shape index (κ3) is 9.50. The Hall–Kier alpha value is -1.23. The number of hydrogen-bond acceptors (Lipinski definition) is 2. The minimum absolute atomic E-state index is 0. The van der Waals surface area contributed by atoms with Crippen molar-refractivity contribution in [2.45, 2.75) is 65.2 Å². The molecule has 148 valence electrons. The Morgan fingerprint density at radius 1 is 0.889 bits per heavy atom. The molecule has 6 heteroatoms. The van der Waals surface area contributed by atoms with Crippen molar-refractivity contribution in [3.8, 4) is 0 Å². The van der Waals surface area contributed by atoms with E-state index in [1.807, 2.05) is 0 Å². The van der Waals surface area contributed by atoms with Gasteiger partial charge < -0.3 is 22.6 Å². The molecule has 0 radical (unpaired) electrons. The first-order valence-electron chi connectivity index (χ1n) is 8.78.